The Morgan fingerprint density at radius 2 is 1.48 bits per heavy atom. The summed E-state index contributed by atoms with van der Waals surface area (Å²) in [6.45, 7) is 0.326. The first-order valence-corrected chi connectivity index (χ1v) is 8.84. The number of aromatic nitrogens is 2. The van der Waals surface area contributed by atoms with Gasteiger partial charge in [-0.25, -0.2) is 0 Å². The van der Waals surface area contributed by atoms with Gasteiger partial charge in [0.15, 0.2) is 23.4 Å². The van der Waals surface area contributed by atoms with Crippen molar-refractivity contribution in [2.24, 2.45) is 0 Å². The van der Waals surface area contributed by atoms with E-state index < -0.39 is 0 Å². The third kappa shape index (κ3) is 4.04. The summed E-state index contributed by atoms with van der Waals surface area (Å²) < 4.78 is 1.71. The second-order valence-electron chi connectivity index (χ2n) is 6.20. The van der Waals surface area contributed by atoms with E-state index in [1.807, 2.05) is 12.1 Å². The Morgan fingerprint density at radius 3 is 2.17 bits per heavy atom. The number of fused-ring (bicyclic) bond motifs is 2. The van der Waals surface area contributed by atoms with Crippen LogP contribution in [0.3, 0.4) is 0 Å². The van der Waals surface area contributed by atoms with Crippen LogP contribution >= 0.6 is 0 Å². The Bertz CT molecular complexity index is 1300. The van der Waals surface area contributed by atoms with E-state index >= 15 is 0 Å². The molecule has 0 bridgehead atoms. The van der Waals surface area contributed by atoms with Crippen LogP contribution in [0.5, 0.6) is 0 Å². The summed E-state index contributed by atoms with van der Waals surface area (Å²) in [7, 11) is 0. The van der Waals surface area contributed by atoms with Crippen LogP contribution in [0.4, 0.5) is 0 Å². The Morgan fingerprint density at radius 1 is 0.862 bits per heavy atom. The molecule has 2 aromatic heterocycles. The van der Waals surface area contributed by atoms with Crippen LogP contribution in [0.1, 0.15) is 20.7 Å². The molecule has 0 unspecified atom stereocenters. The molecule has 0 aliphatic heterocycles. The molecule has 7 heteroatoms. The Labute approximate surface area is 164 Å². The van der Waals surface area contributed by atoms with Crippen LogP contribution in [-0.4, -0.2) is 33.8 Å². The zero-order chi connectivity index (χ0) is 20.8. The quantitative estimate of drug-likeness (QED) is 0.519. The number of nitrogens with zero attached hydrogens (tertiary/aromatic N) is 1. The number of hydrogen-bond donors (Lipinski definition) is 2. The van der Waals surface area contributed by atoms with Gasteiger partial charge in [-0.3, -0.25) is 19.2 Å². The number of pyridine rings is 2. The van der Waals surface area contributed by atoms with Crippen LogP contribution in [-0.2, 0) is 6.54 Å². The number of carbonyl (C=O) groups is 2. The molecule has 2 aromatic carbocycles. The number of benzene rings is 2. The molecule has 0 radical (unpaired) electrons. The van der Waals surface area contributed by atoms with Crippen LogP contribution in [0.25, 0.3) is 21.8 Å². The molecule has 0 saturated carbocycles. The van der Waals surface area contributed by atoms with Crippen molar-refractivity contribution in [2.75, 3.05) is 6.61 Å². The van der Waals surface area contributed by atoms with Crippen LogP contribution in [0, 0.1) is 0 Å². The van der Waals surface area contributed by atoms with Crippen LogP contribution in [0.2, 0.25) is 0 Å². The third-order valence-electron chi connectivity index (χ3n) is 4.43. The topological polar surface area (TPSA) is 109 Å². The molecule has 0 aliphatic carbocycles. The van der Waals surface area contributed by atoms with Gasteiger partial charge in [-0.1, -0.05) is 24.3 Å². The summed E-state index contributed by atoms with van der Waals surface area (Å²) in [6.07, 6.45) is 4.01. The predicted octanol–water partition coefficient (Wildman–Crippen LogP) is 2.15. The van der Waals surface area contributed by atoms with Crippen molar-refractivity contribution in [3.63, 3.8) is 0 Å². The second kappa shape index (κ2) is 8.90. The average molecular weight is 390 g/mol. The predicted molar refractivity (Wildman–Crippen MR) is 111 cm³/mol. The Hall–Kier alpha value is -3.84. The smallest absolute Gasteiger partial charge is 0.199 e. The first-order chi connectivity index (χ1) is 14.1. The van der Waals surface area contributed by atoms with Gasteiger partial charge in [-0.2, -0.15) is 0 Å². The number of aldehydes is 2. The lowest BCUT2D eigenvalue weighted by Crippen LogP contribution is -2.15. The highest BCUT2D eigenvalue weighted by Crippen LogP contribution is 2.10. The molecule has 7 nitrogen and oxygen atoms in total. The molecule has 0 fully saturated rings. The number of hydrogen-bond acceptors (Lipinski definition) is 5. The highest BCUT2D eigenvalue weighted by molar-refractivity contribution is 5.86. The second-order valence-corrected chi connectivity index (χ2v) is 6.20. The van der Waals surface area contributed by atoms with Gasteiger partial charge in [0.05, 0.1) is 23.3 Å². The van der Waals surface area contributed by atoms with E-state index in [1.54, 1.807) is 41.0 Å². The van der Waals surface area contributed by atoms with E-state index in [0.717, 1.165) is 11.0 Å². The summed E-state index contributed by atoms with van der Waals surface area (Å²) in [5.74, 6) is 0. The molecule has 0 saturated heterocycles. The molecule has 4 rings (SSSR count). The fraction of sp³-hybridized carbons (Fsp3) is 0.0909. The first-order valence-electron chi connectivity index (χ1n) is 8.84. The van der Waals surface area contributed by atoms with E-state index in [4.69, 9.17) is 5.11 Å². The number of para-hydroxylation sites is 2. The maximum atomic E-state index is 11.8. The molecule has 0 spiro atoms. The fourth-order valence-electron chi connectivity index (χ4n) is 3.02. The van der Waals surface area contributed by atoms with E-state index in [-0.39, 0.29) is 28.6 Å². The van der Waals surface area contributed by atoms with Crippen molar-refractivity contribution in [3.8, 4) is 0 Å². The molecular formula is C22H18N2O5. The van der Waals surface area contributed by atoms with E-state index in [2.05, 4.69) is 4.98 Å². The molecule has 2 heterocycles. The van der Waals surface area contributed by atoms with Gasteiger partial charge < -0.3 is 14.7 Å². The minimum Gasteiger partial charge on any atom is -0.395 e. The lowest BCUT2D eigenvalue weighted by atomic mass is 10.1. The number of H-pyrrole nitrogens is 1. The monoisotopic (exact) mass is 390 g/mol. The van der Waals surface area contributed by atoms with Gasteiger partial charge in [0.2, 0.25) is 0 Å². The Balaban J connectivity index is 0.000000169. The standard InChI is InChI=1S/C12H11NO3.C10H7NO2/c14-6-5-13-7-9(8-15)12(16)10-3-1-2-4-11(10)13;12-6-7-5-11-9-4-2-1-3-8(9)10(7)13/h1-4,7-8,14H,5-6H2;1-6H,(H,11,13). The zero-order valence-corrected chi connectivity index (χ0v) is 15.4. The lowest BCUT2D eigenvalue weighted by Gasteiger charge is -2.09. The number of rotatable bonds is 4. The summed E-state index contributed by atoms with van der Waals surface area (Å²) in [5.41, 5.74) is 1.28. The van der Waals surface area contributed by atoms with Crippen LogP contribution in [0.15, 0.2) is 70.5 Å². The van der Waals surface area contributed by atoms with E-state index in [0.29, 0.717) is 29.9 Å². The SMILES string of the molecule is O=Cc1c[nH]c2ccccc2c1=O.O=Cc1cn(CCO)c2ccccc2c1=O. The largest absolute Gasteiger partial charge is 0.395 e. The number of aliphatic hydroxyl groups is 1. The van der Waals surface area contributed by atoms with Gasteiger partial charge in [0.25, 0.3) is 0 Å². The number of carbonyl (C=O) groups excluding carboxylic acids is 2. The minimum absolute atomic E-state index is 0.0365. The fourth-order valence-corrected chi connectivity index (χ4v) is 3.02. The van der Waals surface area contributed by atoms with Gasteiger partial charge >= 0.3 is 0 Å². The molecule has 0 aliphatic rings. The normalized spacial score (nSPS) is 10.4. The summed E-state index contributed by atoms with van der Waals surface area (Å²) in [5, 5.41) is 9.97. The van der Waals surface area contributed by atoms with Gasteiger partial charge in [-0.05, 0) is 24.3 Å². The van der Waals surface area contributed by atoms with Crippen molar-refractivity contribution in [3.05, 3.63) is 92.5 Å². The van der Waals surface area contributed by atoms with Crippen LogP contribution < -0.4 is 10.9 Å². The average Bonchev–Trinajstić information content (AvgIpc) is 2.77. The molecule has 29 heavy (non-hydrogen) atoms. The molecule has 2 N–H and O–H groups in total. The Kier molecular flexibility index (Phi) is 6.11. The lowest BCUT2D eigenvalue weighted by molar-refractivity contribution is 0.111. The van der Waals surface area contributed by atoms with E-state index in [1.165, 1.54) is 12.4 Å². The highest BCUT2D eigenvalue weighted by Gasteiger charge is 2.07. The van der Waals surface area contributed by atoms with Crippen molar-refractivity contribution in [2.45, 2.75) is 6.54 Å². The number of aromatic amines is 1. The molecule has 0 amide bonds. The van der Waals surface area contributed by atoms with Gasteiger partial charge in [0, 0.05) is 35.2 Å². The molecular weight excluding hydrogens is 372 g/mol. The maximum absolute atomic E-state index is 11.8. The van der Waals surface area contributed by atoms with Crippen molar-refractivity contribution < 1.29 is 14.7 Å². The summed E-state index contributed by atoms with van der Waals surface area (Å²) >= 11 is 0. The van der Waals surface area contributed by atoms with Gasteiger partial charge in [0.1, 0.15) is 0 Å². The molecule has 4 aromatic rings. The summed E-state index contributed by atoms with van der Waals surface area (Å²) in [6, 6.07) is 14.1. The minimum atomic E-state index is -0.264. The molecule has 146 valence electrons. The van der Waals surface area contributed by atoms with Crippen molar-refractivity contribution in [1.82, 2.24) is 9.55 Å². The summed E-state index contributed by atoms with van der Waals surface area (Å²) in [4.78, 5) is 47.4. The van der Waals surface area contributed by atoms with Gasteiger partial charge in [-0.15, -0.1) is 0 Å². The third-order valence-corrected chi connectivity index (χ3v) is 4.43. The first kappa shape index (κ1) is 19.9. The maximum Gasteiger partial charge on any atom is 0.199 e. The highest BCUT2D eigenvalue weighted by atomic mass is 16.3. The van der Waals surface area contributed by atoms with E-state index in [9.17, 15) is 19.2 Å². The number of nitrogens with one attached hydrogen (secondary N) is 1. The van der Waals surface area contributed by atoms with Crippen molar-refractivity contribution in [1.29, 1.82) is 0 Å². The molecule has 0 atom stereocenters. The van der Waals surface area contributed by atoms with Crippen molar-refractivity contribution >= 4 is 34.4 Å². The zero-order valence-electron chi connectivity index (χ0n) is 15.4. The number of aliphatic hydroxyl groups excluding tert-OH is 1.